The fraction of sp³-hybridized carbons (Fsp3) is 0.500. The molecule has 0 aromatic heterocycles. The molecule has 0 aliphatic heterocycles. The molecule has 5 heteroatoms. The molecule has 1 rings (SSSR count). The lowest BCUT2D eigenvalue weighted by molar-refractivity contribution is -0.143. The van der Waals surface area contributed by atoms with E-state index in [1.165, 1.54) is 0 Å². The summed E-state index contributed by atoms with van der Waals surface area (Å²) in [6.45, 7) is 2.93. The van der Waals surface area contributed by atoms with Crippen LogP contribution in [0.2, 0.25) is 0 Å². The van der Waals surface area contributed by atoms with Crippen molar-refractivity contribution in [2.24, 2.45) is 0 Å². The number of anilines is 1. The number of carbonyl (C=O) groups excluding carboxylic acids is 1. The molecule has 0 spiro atoms. The molecule has 4 nitrogen and oxygen atoms in total. The molecule has 1 aromatic rings. The molecule has 0 fully saturated rings. The average Bonchev–Trinajstić information content (AvgIpc) is 2.36. The number of unbranched alkanes of at least 4 members (excludes halogenated alkanes) is 2. The molecule has 0 saturated carbocycles. The van der Waals surface area contributed by atoms with Gasteiger partial charge in [0, 0.05) is 12.1 Å². The van der Waals surface area contributed by atoms with Crippen LogP contribution in [0.4, 0.5) is 5.69 Å². The Morgan fingerprint density at radius 1 is 1.16 bits per heavy atom. The molecule has 0 radical (unpaired) electrons. The lowest BCUT2D eigenvalue weighted by Gasteiger charge is -2.06. The van der Waals surface area contributed by atoms with Gasteiger partial charge in [0.2, 0.25) is 0 Å². The van der Waals surface area contributed by atoms with E-state index >= 15 is 0 Å². The standard InChI is InChI=1S/C14H21NO3.ClH/c1-2-17-14(16)6-4-3-5-11-18-13-9-7-12(15)8-10-13;/h7-10H,2-6,11,15H2,1H3;1H. The molecule has 2 N–H and O–H groups in total. The van der Waals surface area contributed by atoms with Crippen molar-refractivity contribution in [2.45, 2.75) is 32.6 Å². The molecule has 1 aromatic carbocycles. The van der Waals surface area contributed by atoms with Gasteiger partial charge in [0.15, 0.2) is 0 Å². The van der Waals surface area contributed by atoms with Gasteiger partial charge in [-0.25, -0.2) is 0 Å². The van der Waals surface area contributed by atoms with Gasteiger partial charge in [0.1, 0.15) is 5.75 Å². The van der Waals surface area contributed by atoms with Crippen molar-refractivity contribution in [3.8, 4) is 5.75 Å². The highest BCUT2D eigenvalue weighted by Gasteiger charge is 2.00. The zero-order valence-corrected chi connectivity index (χ0v) is 12.1. The number of benzene rings is 1. The zero-order chi connectivity index (χ0) is 13.2. The van der Waals surface area contributed by atoms with E-state index in [0.717, 1.165) is 30.7 Å². The Morgan fingerprint density at radius 3 is 2.47 bits per heavy atom. The van der Waals surface area contributed by atoms with Crippen molar-refractivity contribution in [2.75, 3.05) is 18.9 Å². The topological polar surface area (TPSA) is 61.5 Å². The molecule has 0 heterocycles. The van der Waals surface area contributed by atoms with Crippen LogP contribution in [0.15, 0.2) is 24.3 Å². The van der Waals surface area contributed by atoms with E-state index in [2.05, 4.69) is 0 Å². The van der Waals surface area contributed by atoms with Crippen molar-refractivity contribution in [3.05, 3.63) is 24.3 Å². The third-order valence-electron chi connectivity index (χ3n) is 2.48. The Hall–Kier alpha value is -1.42. The minimum Gasteiger partial charge on any atom is -0.494 e. The maximum Gasteiger partial charge on any atom is 0.305 e. The molecule has 0 aliphatic rings. The van der Waals surface area contributed by atoms with Crippen LogP contribution in [0, 0.1) is 0 Å². The molecule has 0 unspecified atom stereocenters. The number of ether oxygens (including phenoxy) is 2. The number of nitrogen functional groups attached to an aromatic ring is 1. The number of rotatable bonds is 8. The first-order valence-corrected chi connectivity index (χ1v) is 6.36. The van der Waals surface area contributed by atoms with Gasteiger partial charge in [0.25, 0.3) is 0 Å². The van der Waals surface area contributed by atoms with Crippen molar-refractivity contribution in [1.29, 1.82) is 0 Å². The van der Waals surface area contributed by atoms with Crippen LogP contribution in [-0.2, 0) is 9.53 Å². The van der Waals surface area contributed by atoms with E-state index in [9.17, 15) is 4.79 Å². The predicted molar refractivity (Wildman–Crippen MR) is 78.7 cm³/mol. The Balaban J connectivity index is 0.00000324. The SMILES string of the molecule is CCOC(=O)CCCCCOc1ccc(N)cc1.Cl. The van der Waals surface area contributed by atoms with E-state index in [-0.39, 0.29) is 18.4 Å². The highest BCUT2D eigenvalue weighted by molar-refractivity contribution is 5.85. The van der Waals surface area contributed by atoms with Gasteiger partial charge in [0.05, 0.1) is 13.2 Å². The fourth-order valence-electron chi connectivity index (χ4n) is 1.54. The van der Waals surface area contributed by atoms with Gasteiger partial charge in [-0.15, -0.1) is 12.4 Å². The minimum atomic E-state index is -0.114. The number of hydrogen-bond acceptors (Lipinski definition) is 4. The van der Waals surface area contributed by atoms with Crippen LogP contribution in [0.5, 0.6) is 5.75 Å². The van der Waals surface area contributed by atoms with Crippen LogP contribution in [-0.4, -0.2) is 19.2 Å². The average molecular weight is 288 g/mol. The molecular weight excluding hydrogens is 266 g/mol. The van der Waals surface area contributed by atoms with Gasteiger partial charge in [-0.2, -0.15) is 0 Å². The molecule has 19 heavy (non-hydrogen) atoms. The van der Waals surface area contributed by atoms with Gasteiger partial charge in [-0.05, 0) is 50.5 Å². The van der Waals surface area contributed by atoms with Gasteiger partial charge in [-0.3, -0.25) is 4.79 Å². The smallest absolute Gasteiger partial charge is 0.305 e. The van der Waals surface area contributed by atoms with Crippen LogP contribution in [0.25, 0.3) is 0 Å². The summed E-state index contributed by atoms with van der Waals surface area (Å²) in [5.41, 5.74) is 6.31. The van der Waals surface area contributed by atoms with Crippen LogP contribution >= 0.6 is 12.4 Å². The highest BCUT2D eigenvalue weighted by Crippen LogP contribution is 2.13. The summed E-state index contributed by atoms with van der Waals surface area (Å²) < 4.78 is 10.4. The van der Waals surface area contributed by atoms with Crippen molar-refractivity contribution in [1.82, 2.24) is 0 Å². The maximum atomic E-state index is 11.1. The fourth-order valence-corrected chi connectivity index (χ4v) is 1.54. The summed E-state index contributed by atoms with van der Waals surface area (Å²) in [6, 6.07) is 7.34. The summed E-state index contributed by atoms with van der Waals surface area (Å²) in [5, 5.41) is 0. The van der Waals surface area contributed by atoms with Crippen molar-refractivity contribution in [3.63, 3.8) is 0 Å². The molecular formula is C14H22ClNO3. The third kappa shape index (κ3) is 8.32. The number of carbonyl (C=O) groups is 1. The summed E-state index contributed by atoms with van der Waals surface area (Å²) >= 11 is 0. The molecule has 0 atom stereocenters. The predicted octanol–water partition coefficient (Wildman–Crippen LogP) is 3.19. The summed E-state index contributed by atoms with van der Waals surface area (Å²) in [7, 11) is 0. The molecule has 0 bridgehead atoms. The highest BCUT2D eigenvalue weighted by atomic mass is 35.5. The third-order valence-corrected chi connectivity index (χ3v) is 2.48. The second-order valence-electron chi connectivity index (χ2n) is 4.03. The number of hydrogen-bond donors (Lipinski definition) is 1. The van der Waals surface area contributed by atoms with E-state index in [4.69, 9.17) is 15.2 Å². The number of nitrogens with two attached hydrogens (primary N) is 1. The summed E-state index contributed by atoms with van der Waals surface area (Å²) in [6.07, 6.45) is 3.25. The molecule has 0 amide bonds. The summed E-state index contributed by atoms with van der Waals surface area (Å²) in [5.74, 6) is 0.714. The Morgan fingerprint density at radius 2 is 1.84 bits per heavy atom. The Labute approximate surface area is 120 Å². The van der Waals surface area contributed by atoms with Gasteiger partial charge in [-0.1, -0.05) is 0 Å². The number of esters is 1. The number of halogens is 1. The zero-order valence-electron chi connectivity index (χ0n) is 11.3. The molecule has 0 saturated heterocycles. The Bertz CT molecular complexity index is 354. The van der Waals surface area contributed by atoms with Crippen LogP contribution in [0.3, 0.4) is 0 Å². The monoisotopic (exact) mass is 287 g/mol. The lowest BCUT2D eigenvalue weighted by Crippen LogP contribution is -2.04. The Kier molecular flexibility index (Phi) is 9.71. The van der Waals surface area contributed by atoms with E-state index < -0.39 is 0 Å². The second kappa shape index (κ2) is 10.5. The minimum absolute atomic E-state index is 0. The quantitative estimate of drug-likeness (QED) is 0.453. The van der Waals surface area contributed by atoms with Crippen LogP contribution in [0.1, 0.15) is 32.6 Å². The molecule has 108 valence electrons. The first kappa shape index (κ1) is 17.6. The van der Waals surface area contributed by atoms with Crippen LogP contribution < -0.4 is 10.5 Å². The second-order valence-corrected chi connectivity index (χ2v) is 4.03. The van der Waals surface area contributed by atoms with Crippen molar-refractivity contribution >= 4 is 24.1 Å². The van der Waals surface area contributed by atoms with Gasteiger partial charge >= 0.3 is 5.97 Å². The molecule has 0 aliphatic carbocycles. The first-order chi connectivity index (χ1) is 8.72. The lowest BCUT2D eigenvalue weighted by atomic mass is 10.2. The van der Waals surface area contributed by atoms with E-state index in [0.29, 0.717) is 19.6 Å². The maximum absolute atomic E-state index is 11.1. The van der Waals surface area contributed by atoms with E-state index in [1.54, 1.807) is 0 Å². The van der Waals surface area contributed by atoms with Crippen molar-refractivity contribution < 1.29 is 14.3 Å². The largest absolute Gasteiger partial charge is 0.494 e. The normalized spacial score (nSPS) is 9.53. The van der Waals surface area contributed by atoms with E-state index in [1.807, 2.05) is 31.2 Å². The first-order valence-electron chi connectivity index (χ1n) is 6.36. The van der Waals surface area contributed by atoms with Gasteiger partial charge < -0.3 is 15.2 Å². The summed E-state index contributed by atoms with van der Waals surface area (Å²) in [4.78, 5) is 11.1.